The highest BCUT2D eigenvalue weighted by Crippen LogP contribution is 2.25. The first-order chi connectivity index (χ1) is 18.7. The number of carboxylic acid groups (broad SMARTS) is 1. The maximum Gasteiger partial charge on any atom is 0.407 e. The molecule has 1 amide bonds. The second-order valence-electron chi connectivity index (χ2n) is 9.48. The molecule has 0 fully saturated rings. The number of carbonyl (C=O) groups excluding carboxylic acids is 1. The molecule has 3 rings (SSSR count). The van der Waals surface area contributed by atoms with Crippen LogP contribution in [-0.2, 0) is 28.9 Å². The van der Waals surface area contributed by atoms with Crippen molar-refractivity contribution in [3.8, 4) is 23.0 Å². The number of hydrogen-bond acceptors (Lipinski definition) is 7. The number of rotatable bonds is 15. The van der Waals surface area contributed by atoms with E-state index >= 15 is 0 Å². The number of benzene rings is 2. The van der Waals surface area contributed by atoms with E-state index in [1.165, 1.54) is 0 Å². The standard InChI is InChI=1S/C30H38N2O7/c1-5-6-16-36-25-11-8-23(9-12-25)29-32-27(21(4)39-29)15-17-37-26-13-7-22(10-14-28(33)34)24(18-26)19-31-30(35)38-20(2)3/h7-9,11-13,18,20H,5-6,10,14-17,19H2,1-4H3,(H,31,35)(H,33,34). The van der Waals surface area contributed by atoms with E-state index in [1.807, 2.05) is 43.3 Å². The molecule has 0 unspecified atom stereocenters. The van der Waals surface area contributed by atoms with Crippen LogP contribution in [0.15, 0.2) is 46.9 Å². The quantitative estimate of drug-likeness (QED) is 0.223. The molecule has 39 heavy (non-hydrogen) atoms. The highest BCUT2D eigenvalue weighted by atomic mass is 16.6. The lowest BCUT2D eigenvalue weighted by Crippen LogP contribution is -2.26. The predicted molar refractivity (Wildman–Crippen MR) is 147 cm³/mol. The number of nitrogens with zero attached hydrogens (tertiary/aromatic N) is 1. The average Bonchev–Trinajstić information content (AvgIpc) is 3.27. The molecule has 0 atom stereocenters. The predicted octanol–water partition coefficient (Wildman–Crippen LogP) is 6.10. The van der Waals surface area contributed by atoms with Gasteiger partial charge in [-0.15, -0.1) is 0 Å². The number of oxazole rings is 1. The molecule has 0 aliphatic carbocycles. The lowest BCUT2D eigenvalue weighted by molar-refractivity contribution is -0.136. The van der Waals surface area contributed by atoms with Crippen LogP contribution in [0, 0.1) is 6.92 Å². The van der Waals surface area contributed by atoms with Crippen molar-refractivity contribution < 1.29 is 33.3 Å². The summed E-state index contributed by atoms with van der Waals surface area (Å²) in [6, 6.07) is 13.2. The van der Waals surface area contributed by atoms with Crippen molar-refractivity contribution in [1.82, 2.24) is 10.3 Å². The largest absolute Gasteiger partial charge is 0.494 e. The highest BCUT2D eigenvalue weighted by molar-refractivity contribution is 5.68. The Morgan fingerprint density at radius 2 is 1.72 bits per heavy atom. The Kier molecular flexibility index (Phi) is 11.2. The number of amides is 1. The molecule has 0 aliphatic heterocycles. The number of carbonyl (C=O) groups is 2. The number of aromatic nitrogens is 1. The highest BCUT2D eigenvalue weighted by Gasteiger charge is 2.13. The first-order valence-electron chi connectivity index (χ1n) is 13.4. The average molecular weight is 539 g/mol. The van der Waals surface area contributed by atoms with E-state index in [1.54, 1.807) is 19.9 Å². The molecule has 0 saturated carbocycles. The van der Waals surface area contributed by atoms with Gasteiger partial charge in [-0.05, 0) is 81.1 Å². The Morgan fingerprint density at radius 1 is 1.00 bits per heavy atom. The molecule has 0 saturated heterocycles. The topological polar surface area (TPSA) is 120 Å². The Hall–Kier alpha value is -4.01. The minimum absolute atomic E-state index is 0.00792. The van der Waals surface area contributed by atoms with Crippen LogP contribution in [0.4, 0.5) is 4.79 Å². The third kappa shape index (κ3) is 9.67. The van der Waals surface area contributed by atoms with Crippen LogP contribution in [0.3, 0.4) is 0 Å². The van der Waals surface area contributed by atoms with Crippen LogP contribution < -0.4 is 14.8 Å². The summed E-state index contributed by atoms with van der Waals surface area (Å²) >= 11 is 0. The number of unbranched alkanes of at least 4 members (excludes halogenated alkanes) is 1. The van der Waals surface area contributed by atoms with Gasteiger partial charge in [0.2, 0.25) is 5.89 Å². The van der Waals surface area contributed by atoms with Gasteiger partial charge in [-0.3, -0.25) is 4.79 Å². The molecule has 2 aromatic carbocycles. The van der Waals surface area contributed by atoms with Crippen molar-refractivity contribution in [2.24, 2.45) is 0 Å². The number of nitrogens with one attached hydrogen (secondary N) is 1. The Bertz CT molecular complexity index is 1220. The molecule has 0 bridgehead atoms. The van der Waals surface area contributed by atoms with Crippen molar-refractivity contribution >= 4 is 12.1 Å². The van der Waals surface area contributed by atoms with E-state index in [0.717, 1.165) is 46.7 Å². The zero-order chi connectivity index (χ0) is 28.2. The fourth-order valence-corrected chi connectivity index (χ4v) is 3.84. The van der Waals surface area contributed by atoms with E-state index in [2.05, 4.69) is 17.2 Å². The Morgan fingerprint density at radius 3 is 2.41 bits per heavy atom. The molecule has 210 valence electrons. The molecular formula is C30H38N2O7. The summed E-state index contributed by atoms with van der Waals surface area (Å²) in [4.78, 5) is 27.7. The molecule has 9 heteroatoms. The van der Waals surface area contributed by atoms with Crippen molar-refractivity contribution in [3.05, 3.63) is 65.0 Å². The van der Waals surface area contributed by atoms with Gasteiger partial charge < -0.3 is 29.1 Å². The fraction of sp³-hybridized carbons (Fsp3) is 0.433. The number of hydrogen-bond donors (Lipinski definition) is 2. The summed E-state index contributed by atoms with van der Waals surface area (Å²) in [5, 5.41) is 11.8. The van der Waals surface area contributed by atoms with Crippen LogP contribution in [0.25, 0.3) is 11.5 Å². The second-order valence-corrected chi connectivity index (χ2v) is 9.48. The number of carboxylic acids is 1. The number of aryl methyl sites for hydroxylation is 2. The van der Waals surface area contributed by atoms with Gasteiger partial charge in [0, 0.05) is 24.9 Å². The maximum atomic E-state index is 11.9. The van der Waals surface area contributed by atoms with Gasteiger partial charge in [0.25, 0.3) is 0 Å². The van der Waals surface area contributed by atoms with Crippen LogP contribution in [0.1, 0.15) is 62.6 Å². The molecule has 9 nitrogen and oxygen atoms in total. The van der Waals surface area contributed by atoms with Crippen molar-refractivity contribution in [3.63, 3.8) is 0 Å². The lowest BCUT2D eigenvalue weighted by Gasteiger charge is -2.14. The first-order valence-corrected chi connectivity index (χ1v) is 13.4. The summed E-state index contributed by atoms with van der Waals surface area (Å²) in [7, 11) is 0. The second kappa shape index (κ2) is 14.8. The number of alkyl carbamates (subject to hydrolysis) is 1. The molecule has 0 spiro atoms. The summed E-state index contributed by atoms with van der Waals surface area (Å²) in [6.45, 7) is 8.82. The van der Waals surface area contributed by atoms with Crippen LogP contribution >= 0.6 is 0 Å². The first kappa shape index (κ1) is 29.5. The lowest BCUT2D eigenvalue weighted by atomic mass is 10.0. The minimum Gasteiger partial charge on any atom is -0.494 e. The molecule has 0 radical (unpaired) electrons. The normalized spacial score (nSPS) is 10.9. The summed E-state index contributed by atoms with van der Waals surface area (Å²) in [5.41, 5.74) is 3.28. The van der Waals surface area contributed by atoms with Gasteiger partial charge in [0.05, 0.1) is 25.0 Å². The van der Waals surface area contributed by atoms with Gasteiger partial charge in [0.1, 0.15) is 17.3 Å². The van der Waals surface area contributed by atoms with Crippen molar-refractivity contribution in [2.45, 2.75) is 72.4 Å². The van der Waals surface area contributed by atoms with Gasteiger partial charge >= 0.3 is 12.1 Å². The summed E-state index contributed by atoms with van der Waals surface area (Å²) < 4.78 is 22.7. The van der Waals surface area contributed by atoms with E-state index < -0.39 is 12.1 Å². The Balaban J connectivity index is 1.60. The van der Waals surface area contributed by atoms with Crippen LogP contribution in [-0.4, -0.2) is 41.5 Å². The van der Waals surface area contributed by atoms with E-state index in [4.69, 9.17) is 23.7 Å². The van der Waals surface area contributed by atoms with Gasteiger partial charge in [-0.25, -0.2) is 9.78 Å². The molecular weight excluding hydrogens is 500 g/mol. The maximum absolute atomic E-state index is 11.9. The zero-order valence-corrected chi connectivity index (χ0v) is 23.1. The smallest absolute Gasteiger partial charge is 0.407 e. The van der Waals surface area contributed by atoms with Crippen LogP contribution in [0.2, 0.25) is 0 Å². The van der Waals surface area contributed by atoms with Gasteiger partial charge in [-0.1, -0.05) is 19.4 Å². The monoisotopic (exact) mass is 538 g/mol. The minimum atomic E-state index is -0.882. The summed E-state index contributed by atoms with van der Waals surface area (Å²) in [5.74, 6) is 1.83. The third-order valence-corrected chi connectivity index (χ3v) is 5.92. The van der Waals surface area contributed by atoms with Gasteiger partial charge in [0.15, 0.2) is 0 Å². The van der Waals surface area contributed by atoms with Gasteiger partial charge in [-0.2, -0.15) is 0 Å². The van der Waals surface area contributed by atoms with E-state index in [9.17, 15) is 9.59 Å². The fourth-order valence-electron chi connectivity index (χ4n) is 3.84. The molecule has 1 heterocycles. The number of ether oxygens (including phenoxy) is 3. The van der Waals surface area contributed by atoms with E-state index in [0.29, 0.717) is 37.7 Å². The van der Waals surface area contributed by atoms with Crippen LogP contribution in [0.5, 0.6) is 11.5 Å². The number of aliphatic carboxylic acids is 1. The zero-order valence-electron chi connectivity index (χ0n) is 23.1. The Labute approximate surface area is 229 Å². The third-order valence-electron chi connectivity index (χ3n) is 5.92. The molecule has 0 aliphatic rings. The molecule has 2 N–H and O–H groups in total. The van der Waals surface area contributed by atoms with Crippen molar-refractivity contribution in [2.75, 3.05) is 13.2 Å². The molecule has 3 aromatic rings. The van der Waals surface area contributed by atoms with E-state index in [-0.39, 0.29) is 19.1 Å². The SMILES string of the molecule is CCCCOc1ccc(-c2nc(CCOc3ccc(CCC(=O)O)c(CNC(=O)OC(C)C)c3)c(C)o2)cc1. The molecule has 1 aromatic heterocycles. The summed E-state index contributed by atoms with van der Waals surface area (Å²) in [6.07, 6.45) is 2.22. The van der Waals surface area contributed by atoms with Crippen molar-refractivity contribution in [1.29, 1.82) is 0 Å².